The number of fused-ring (bicyclic) bond motifs is 1. The van der Waals surface area contributed by atoms with Crippen LogP contribution in [0.25, 0.3) is 39.3 Å². The Bertz CT molecular complexity index is 1350. The number of pyridine rings is 1. The van der Waals surface area contributed by atoms with Crippen molar-refractivity contribution in [2.75, 3.05) is 27.2 Å². The van der Waals surface area contributed by atoms with E-state index in [2.05, 4.69) is 99.7 Å². The highest BCUT2D eigenvalue weighted by molar-refractivity contribution is 5.81. The van der Waals surface area contributed by atoms with Gasteiger partial charge in [-0.3, -0.25) is 9.50 Å². The van der Waals surface area contributed by atoms with Crippen molar-refractivity contribution < 1.29 is 0 Å². The maximum Gasteiger partial charge on any atom is 0.137 e. The largest absolute Gasteiger partial charge is 0.313 e. The number of nitrogens with one attached hydrogen (secondary N) is 2. The summed E-state index contributed by atoms with van der Waals surface area (Å²) in [6.07, 6.45) is 7.05. The molecule has 0 unspecified atom stereocenters. The van der Waals surface area contributed by atoms with Crippen LogP contribution in [0.3, 0.4) is 0 Å². The number of hydrogen-bond donors (Lipinski definition) is 2. The lowest BCUT2D eigenvalue weighted by molar-refractivity contribution is 0.394. The second kappa shape index (κ2) is 10.0. The molecule has 6 nitrogen and oxygen atoms in total. The van der Waals surface area contributed by atoms with Gasteiger partial charge in [-0.15, -0.1) is 0 Å². The molecule has 0 saturated heterocycles. The molecule has 0 radical (unpaired) electrons. The van der Waals surface area contributed by atoms with Crippen LogP contribution in [0.2, 0.25) is 0 Å². The summed E-state index contributed by atoms with van der Waals surface area (Å²) in [5.74, 6) is 0. The molecule has 34 heavy (non-hydrogen) atoms. The van der Waals surface area contributed by atoms with Crippen LogP contribution in [-0.2, 0) is 6.54 Å². The molecular weight excluding hydrogens is 420 g/mol. The minimum Gasteiger partial charge on any atom is -0.313 e. The zero-order valence-electron chi connectivity index (χ0n) is 19.7. The highest BCUT2D eigenvalue weighted by Gasteiger charge is 2.13. The van der Waals surface area contributed by atoms with Crippen LogP contribution in [0.1, 0.15) is 12.0 Å². The molecule has 5 rings (SSSR count). The lowest BCUT2D eigenvalue weighted by Crippen LogP contribution is -2.20. The van der Waals surface area contributed by atoms with Gasteiger partial charge in [0.25, 0.3) is 0 Å². The van der Waals surface area contributed by atoms with Gasteiger partial charge < -0.3 is 10.2 Å². The van der Waals surface area contributed by atoms with E-state index in [4.69, 9.17) is 4.98 Å². The number of benzene rings is 2. The molecule has 3 heterocycles. The second-order valence-corrected chi connectivity index (χ2v) is 8.82. The van der Waals surface area contributed by atoms with E-state index in [-0.39, 0.29) is 0 Å². The van der Waals surface area contributed by atoms with Gasteiger partial charge in [0.2, 0.25) is 0 Å². The van der Waals surface area contributed by atoms with E-state index in [9.17, 15) is 0 Å². The van der Waals surface area contributed by atoms with Gasteiger partial charge >= 0.3 is 0 Å². The Morgan fingerprint density at radius 3 is 2.53 bits per heavy atom. The topological polar surface area (TPSA) is 61.2 Å². The molecule has 3 aromatic heterocycles. The van der Waals surface area contributed by atoms with Crippen LogP contribution in [0.4, 0.5) is 0 Å². The molecule has 2 N–H and O–H groups in total. The highest BCUT2D eigenvalue weighted by Crippen LogP contribution is 2.32. The number of H-pyrrole nitrogens is 1. The molecule has 0 spiro atoms. The molecule has 0 fully saturated rings. The quantitative estimate of drug-likeness (QED) is 0.307. The van der Waals surface area contributed by atoms with Crippen molar-refractivity contribution in [1.82, 2.24) is 29.8 Å². The molecule has 6 heteroatoms. The van der Waals surface area contributed by atoms with Crippen molar-refractivity contribution in [2.45, 2.75) is 13.0 Å². The third kappa shape index (κ3) is 4.78. The fraction of sp³-hybridized carbons (Fsp3) is 0.214. The van der Waals surface area contributed by atoms with Crippen LogP contribution in [-0.4, -0.2) is 51.7 Å². The van der Waals surface area contributed by atoms with Gasteiger partial charge in [-0.1, -0.05) is 48.5 Å². The van der Waals surface area contributed by atoms with Crippen molar-refractivity contribution in [3.8, 4) is 33.6 Å². The predicted octanol–water partition coefficient (Wildman–Crippen LogP) is 5.10. The molecule has 0 aliphatic heterocycles. The average Bonchev–Trinajstić information content (AvgIpc) is 3.54. The SMILES string of the molecule is CN(C)CCCNCc1ccc(-c2ccn3c(-c4ccccc4-c4cc[nH]n4)cnc3c2)cc1. The van der Waals surface area contributed by atoms with E-state index < -0.39 is 0 Å². The van der Waals surface area contributed by atoms with E-state index >= 15 is 0 Å². The van der Waals surface area contributed by atoms with Crippen molar-refractivity contribution >= 4 is 5.65 Å². The van der Waals surface area contributed by atoms with Gasteiger partial charge in [0.05, 0.1) is 17.6 Å². The summed E-state index contributed by atoms with van der Waals surface area (Å²) in [6.45, 7) is 3.03. The van der Waals surface area contributed by atoms with Gasteiger partial charge in [0, 0.05) is 30.1 Å². The Balaban J connectivity index is 1.34. The highest BCUT2D eigenvalue weighted by atomic mass is 15.1. The number of rotatable bonds is 9. The Labute approximate surface area is 200 Å². The van der Waals surface area contributed by atoms with Gasteiger partial charge in [0.1, 0.15) is 5.65 Å². The van der Waals surface area contributed by atoms with E-state index in [1.165, 1.54) is 11.1 Å². The van der Waals surface area contributed by atoms with Crippen LogP contribution >= 0.6 is 0 Å². The zero-order chi connectivity index (χ0) is 23.3. The number of aromatic nitrogens is 4. The maximum absolute atomic E-state index is 4.71. The lowest BCUT2D eigenvalue weighted by Gasteiger charge is -2.10. The number of aromatic amines is 1. The Morgan fingerprint density at radius 2 is 1.76 bits per heavy atom. The molecule has 0 bridgehead atoms. The summed E-state index contributed by atoms with van der Waals surface area (Å²) < 4.78 is 2.14. The minimum atomic E-state index is 0.895. The molecule has 0 atom stereocenters. The van der Waals surface area contributed by atoms with E-state index in [1.54, 1.807) is 0 Å². The number of hydrogen-bond acceptors (Lipinski definition) is 4. The summed E-state index contributed by atoms with van der Waals surface area (Å²) in [5, 5.41) is 10.8. The summed E-state index contributed by atoms with van der Waals surface area (Å²) >= 11 is 0. The third-order valence-corrected chi connectivity index (χ3v) is 6.07. The zero-order valence-corrected chi connectivity index (χ0v) is 19.7. The van der Waals surface area contributed by atoms with E-state index in [0.29, 0.717) is 0 Å². The first-order valence-electron chi connectivity index (χ1n) is 11.7. The van der Waals surface area contributed by atoms with Crippen LogP contribution in [0.15, 0.2) is 85.3 Å². The molecule has 2 aromatic carbocycles. The van der Waals surface area contributed by atoms with Crippen molar-refractivity contribution in [2.24, 2.45) is 0 Å². The fourth-order valence-corrected chi connectivity index (χ4v) is 4.27. The van der Waals surface area contributed by atoms with Crippen molar-refractivity contribution in [1.29, 1.82) is 0 Å². The lowest BCUT2D eigenvalue weighted by atomic mass is 10.0. The predicted molar refractivity (Wildman–Crippen MR) is 139 cm³/mol. The van der Waals surface area contributed by atoms with Crippen LogP contribution < -0.4 is 5.32 Å². The summed E-state index contributed by atoms with van der Waals surface area (Å²) in [7, 11) is 4.22. The normalized spacial score (nSPS) is 11.5. The maximum atomic E-state index is 4.71. The van der Waals surface area contributed by atoms with Crippen molar-refractivity contribution in [3.05, 3.63) is 90.9 Å². The minimum absolute atomic E-state index is 0.895. The number of nitrogens with zero attached hydrogens (tertiary/aromatic N) is 4. The summed E-state index contributed by atoms with van der Waals surface area (Å²) in [5.41, 5.74) is 8.75. The standard InChI is InChI=1S/C28H30N6/c1-33(2)16-5-14-29-19-21-8-10-22(11-9-21)23-13-17-34-27(20-30-28(34)18-23)25-7-4-3-6-24(25)26-12-15-31-32-26/h3-4,6-13,15,17-18,20,29H,5,14,16,19H2,1-2H3,(H,31,32). The monoisotopic (exact) mass is 450 g/mol. The number of imidazole rings is 1. The molecular formula is C28H30N6. The molecule has 5 aromatic rings. The molecule has 0 aliphatic carbocycles. The second-order valence-electron chi connectivity index (χ2n) is 8.82. The summed E-state index contributed by atoms with van der Waals surface area (Å²) in [6, 6.07) is 23.4. The Kier molecular flexibility index (Phi) is 6.51. The first kappa shape index (κ1) is 22.1. The van der Waals surface area contributed by atoms with Crippen LogP contribution in [0.5, 0.6) is 0 Å². The molecule has 0 amide bonds. The Morgan fingerprint density at radius 1 is 0.941 bits per heavy atom. The molecule has 0 saturated carbocycles. The third-order valence-electron chi connectivity index (χ3n) is 6.07. The average molecular weight is 451 g/mol. The first-order valence-corrected chi connectivity index (χ1v) is 11.7. The van der Waals surface area contributed by atoms with E-state index in [1.807, 2.05) is 24.5 Å². The van der Waals surface area contributed by atoms with Gasteiger partial charge in [-0.25, -0.2) is 4.98 Å². The Hall–Kier alpha value is -3.74. The smallest absolute Gasteiger partial charge is 0.137 e. The van der Waals surface area contributed by atoms with Gasteiger partial charge in [0.15, 0.2) is 0 Å². The van der Waals surface area contributed by atoms with Crippen molar-refractivity contribution in [3.63, 3.8) is 0 Å². The summed E-state index contributed by atoms with van der Waals surface area (Å²) in [4.78, 5) is 6.93. The molecule has 0 aliphatic rings. The fourth-order valence-electron chi connectivity index (χ4n) is 4.27. The van der Waals surface area contributed by atoms with Crippen LogP contribution in [0, 0.1) is 0 Å². The van der Waals surface area contributed by atoms with Gasteiger partial charge in [-0.05, 0) is 68.5 Å². The van der Waals surface area contributed by atoms with E-state index in [0.717, 1.165) is 59.8 Å². The first-order chi connectivity index (χ1) is 16.7. The molecule has 172 valence electrons. The van der Waals surface area contributed by atoms with Gasteiger partial charge in [-0.2, -0.15) is 5.10 Å².